The van der Waals surface area contributed by atoms with Gasteiger partial charge >= 0.3 is 5.97 Å². The lowest BCUT2D eigenvalue weighted by Crippen LogP contribution is -2.26. The quantitative estimate of drug-likeness (QED) is 0.868. The van der Waals surface area contributed by atoms with Crippen LogP contribution in [0.5, 0.6) is 0 Å². The molecule has 1 aromatic carbocycles. The summed E-state index contributed by atoms with van der Waals surface area (Å²) < 4.78 is 0. The highest BCUT2D eigenvalue weighted by Gasteiger charge is 2.35. The molecule has 1 heterocycles. The number of nitrogens with zero attached hydrogens (tertiary/aromatic N) is 1. The summed E-state index contributed by atoms with van der Waals surface area (Å²) in [7, 11) is 0. The molecule has 1 atom stereocenters. The van der Waals surface area contributed by atoms with E-state index in [1.165, 1.54) is 5.56 Å². The van der Waals surface area contributed by atoms with E-state index in [9.17, 15) is 4.79 Å². The number of carboxylic acids is 1. The lowest BCUT2D eigenvalue weighted by atomic mass is 9.86. The summed E-state index contributed by atoms with van der Waals surface area (Å²) in [6.07, 6.45) is 1.25. The number of hydrogen-bond donors (Lipinski definition) is 1. The highest BCUT2D eigenvalue weighted by molar-refractivity contribution is 5.67. The number of aliphatic carboxylic acids is 1. The van der Waals surface area contributed by atoms with Crippen LogP contribution in [0.1, 0.15) is 25.3 Å². The minimum Gasteiger partial charge on any atom is -0.481 e. The first kappa shape index (κ1) is 12.1. The second-order valence-electron chi connectivity index (χ2n) is 5.33. The van der Waals surface area contributed by atoms with Crippen molar-refractivity contribution >= 4 is 5.97 Å². The number of rotatable bonds is 4. The molecule has 1 aliphatic heterocycles. The van der Waals surface area contributed by atoms with E-state index in [1.54, 1.807) is 0 Å². The Labute approximate surface area is 102 Å². The summed E-state index contributed by atoms with van der Waals surface area (Å²) in [6, 6.07) is 10.3. The largest absolute Gasteiger partial charge is 0.481 e. The van der Waals surface area contributed by atoms with Crippen LogP contribution < -0.4 is 0 Å². The predicted octanol–water partition coefficient (Wildman–Crippen LogP) is 2.37. The Kier molecular flexibility index (Phi) is 3.48. The fourth-order valence-electron chi connectivity index (χ4n) is 2.61. The highest BCUT2D eigenvalue weighted by Crippen LogP contribution is 2.33. The summed E-state index contributed by atoms with van der Waals surface area (Å²) in [5, 5.41) is 8.90. The first-order chi connectivity index (χ1) is 8.07. The molecule has 1 N–H and O–H groups in total. The molecule has 0 bridgehead atoms. The maximum atomic E-state index is 10.8. The summed E-state index contributed by atoms with van der Waals surface area (Å²) in [4.78, 5) is 13.2. The standard InChI is InChI=1S/C14H19NO2/c1-14(9-13(16)17)7-8-15(11-14)10-12-5-3-2-4-6-12/h2-6H,7-11H2,1H3,(H,16,17). The SMILES string of the molecule is CC1(CC(=O)O)CCN(Cc2ccccc2)C1. The summed E-state index contributed by atoms with van der Waals surface area (Å²) in [5.41, 5.74) is 1.24. The Morgan fingerprint density at radius 2 is 2.12 bits per heavy atom. The average Bonchev–Trinajstić information content (AvgIpc) is 2.60. The van der Waals surface area contributed by atoms with Crippen LogP contribution in [-0.4, -0.2) is 29.1 Å². The molecule has 0 amide bonds. The van der Waals surface area contributed by atoms with Crippen LogP contribution in [0.2, 0.25) is 0 Å². The summed E-state index contributed by atoms with van der Waals surface area (Å²) >= 11 is 0. The van der Waals surface area contributed by atoms with E-state index < -0.39 is 5.97 Å². The van der Waals surface area contributed by atoms with Gasteiger partial charge in [-0.1, -0.05) is 37.3 Å². The molecular weight excluding hydrogens is 214 g/mol. The Morgan fingerprint density at radius 1 is 1.41 bits per heavy atom. The van der Waals surface area contributed by atoms with E-state index in [0.29, 0.717) is 0 Å². The summed E-state index contributed by atoms with van der Waals surface area (Å²) in [6.45, 7) is 4.88. The van der Waals surface area contributed by atoms with Gasteiger partial charge in [0.05, 0.1) is 6.42 Å². The van der Waals surface area contributed by atoms with Crippen molar-refractivity contribution in [3.05, 3.63) is 35.9 Å². The maximum absolute atomic E-state index is 10.8. The zero-order valence-electron chi connectivity index (χ0n) is 10.2. The van der Waals surface area contributed by atoms with Gasteiger partial charge in [0.25, 0.3) is 0 Å². The number of carbonyl (C=O) groups is 1. The number of benzene rings is 1. The van der Waals surface area contributed by atoms with Crippen LogP contribution in [0.4, 0.5) is 0 Å². The van der Waals surface area contributed by atoms with Crippen molar-refractivity contribution in [2.75, 3.05) is 13.1 Å². The van der Waals surface area contributed by atoms with Crippen molar-refractivity contribution in [1.82, 2.24) is 4.90 Å². The normalized spacial score (nSPS) is 25.0. The van der Waals surface area contributed by atoms with E-state index in [0.717, 1.165) is 26.1 Å². The Balaban J connectivity index is 1.92. The van der Waals surface area contributed by atoms with E-state index in [4.69, 9.17) is 5.11 Å². The Bertz CT molecular complexity index is 390. The van der Waals surface area contributed by atoms with Gasteiger partial charge in [-0.15, -0.1) is 0 Å². The van der Waals surface area contributed by atoms with E-state index in [1.807, 2.05) is 18.2 Å². The van der Waals surface area contributed by atoms with Gasteiger partial charge in [0.1, 0.15) is 0 Å². The van der Waals surface area contributed by atoms with E-state index in [-0.39, 0.29) is 11.8 Å². The van der Waals surface area contributed by atoms with Gasteiger partial charge in [0.2, 0.25) is 0 Å². The van der Waals surface area contributed by atoms with Crippen LogP contribution in [0, 0.1) is 5.41 Å². The van der Waals surface area contributed by atoms with Crippen molar-refractivity contribution in [2.24, 2.45) is 5.41 Å². The van der Waals surface area contributed by atoms with Gasteiger partial charge in [-0.05, 0) is 23.9 Å². The predicted molar refractivity (Wildman–Crippen MR) is 66.7 cm³/mol. The van der Waals surface area contributed by atoms with Gasteiger partial charge in [0, 0.05) is 13.1 Å². The van der Waals surface area contributed by atoms with E-state index >= 15 is 0 Å². The molecular formula is C14H19NO2. The van der Waals surface area contributed by atoms with Gasteiger partial charge in [-0.2, -0.15) is 0 Å². The molecule has 1 saturated heterocycles. The highest BCUT2D eigenvalue weighted by atomic mass is 16.4. The minimum absolute atomic E-state index is 0.0549. The van der Waals surface area contributed by atoms with Crippen LogP contribution >= 0.6 is 0 Å². The molecule has 0 spiro atoms. The molecule has 17 heavy (non-hydrogen) atoms. The molecule has 3 nitrogen and oxygen atoms in total. The number of likely N-dealkylation sites (tertiary alicyclic amines) is 1. The van der Waals surface area contributed by atoms with Crippen molar-refractivity contribution in [1.29, 1.82) is 0 Å². The third-order valence-electron chi connectivity index (χ3n) is 3.46. The Hall–Kier alpha value is -1.35. The molecule has 2 rings (SSSR count). The van der Waals surface area contributed by atoms with Gasteiger partial charge < -0.3 is 5.11 Å². The lowest BCUT2D eigenvalue weighted by molar-refractivity contribution is -0.139. The van der Waals surface area contributed by atoms with Crippen molar-refractivity contribution in [3.8, 4) is 0 Å². The molecule has 92 valence electrons. The number of hydrogen-bond acceptors (Lipinski definition) is 2. The van der Waals surface area contributed by atoms with Crippen molar-refractivity contribution < 1.29 is 9.90 Å². The molecule has 0 radical (unpaired) electrons. The molecule has 1 aromatic rings. The lowest BCUT2D eigenvalue weighted by Gasteiger charge is -2.22. The van der Waals surface area contributed by atoms with Crippen molar-refractivity contribution in [3.63, 3.8) is 0 Å². The average molecular weight is 233 g/mol. The summed E-state index contributed by atoms with van der Waals surface area (Å²) in [5.74, 6) is -0.686. The second-order valence-corrected chi connectivity index (χ2v) is 5.33. The monoisotopic (exact) mass is 233 g/mol. The van der Waals surface area contributed by atoms with Gasteiger partial charge in [-0.3, -0.25) is 9.69 Å². The topological polar surface area (TPSA) is 40.5 Å². The second kappa shape index (κ2) is 4.88. The van der Waals surface area contributed by atoms with Crippen LogP contribution in [0.15, 0.2) is 30.3 Å². The van der Waals surface area contributed by atoms with Crippen LogP contribution in [-0.2, 0) is 11.3 Å². The third kappa shape index (κ3) is 3.30. The van der Waals surface area contributed by atoms with Crippen molar-refractivity contribution in [2.45, 2.75) is 26.3 Å². The molecule has 0 saturated carbocycles. The van der Waals surface area contributed by atoms with Gasteiger partial charge in [-0.25, -0.2) is 0 Å². The fourth-order valence-corrected chi connectivity index (χ4v) is 2.61. The van der Waals surface area contributed by atoms with Gasteiger partial charge in [0.15, 0.2) is 0 Å². The van der Waals surface area contributed by atoms with E-state index in [2.05, 4.69) is 24.0 Å². The fraction of sp³-hybridized carbons (Fsp3) is 0.500. The molecule has 0 aliphatic carbocycles. The smallest absolute Gasteiger partial charge is 0.303 e. The molecule has 1 unspecified atom stereocenters. The van der Waals surface area contributed by atoms with Crippen LogP contribution in [0.25, 0.3) is 0 Å². The molecule has 3 heteroatoms. The first-order valence-corrected chi connectivity index (χ1v) is 6.05. The maximum Gasteiger partial charge on any atom is 0.303 e. The third-order valence-corrected chi connectivity index (χ3v) is 3.46. The minimum atomic E-state index is -0.686. The number of carboxylic acid groups (broad SMARTS) is 1. The first-order valence-electron chi connectivity index (χ1n) is 6.05. The zero-order chi connectivity index (χ0) is 12.3. The Morgan fingerprint density at radius 3 is 2.76 bits per heavy atom. The zero-order valence-corrected chi connectivity index (χ0v) is 10.2. The molecule has 1 fully saturated rings. The molecule has 1 aliphatic rings. The molecule has 0 aromatic heterocycles. The van der Waals surface area contributed by atoms with Crippen LogP contribution in [0.3, 0.4) is 0 Å².